The number of rotatable bonds is 36. The van der Waals surface area contributed by atoms with Crippen molar-refractivity contribution in [1.82, 2.24) is 0 Å². The third-order valence-electron chi connectivity index (χ3n) is 7.65. The summed E-state index contributed by atoms with van der Waals surface area (Å²) in [5, 5.41) is 0. The Morgan fingerprint density at radius 1 is 0.275 bits per heavy atom. The lowest BCUT2D eigenvalue weighted by atomic mass is 10.2. The Kier molecular flexibility index (Phi) is 34.3. The van der Waals surface area contributed by atoms with Crippen molar-refractivity contribution in [2.45, 2.75) is 155 Å². The molecule has 0 fully saturated rings. The Hall–Kier alpha value is -3.22. The van der Waals surface area contributed by atoms with E-state index in [0.29, 0.717) is 51.7 Å². The van der Waals surface area contributed by atoms with Crippen LogP contribution in [0.3, 0.4) is 0 Å². The van der Waals surface area contributed by atoms with Crippen LogP contribution >= 0.6 is 0 Å². The molecule has 0 spiro atoms. The van der Waals surface area contributed by atoms with Crippen LogP contribution in [0.25, 0.3) is 0 Å². The van der Waals surface area contributed by atoms with Gasteiger partial charge in [-0.25, -0.2) is 0 Å². The fourth-order valence-corrected chi connectivity index (χ4v) is 4.62. The second-order valence-corrected chi connectivity index (χ2v) is 12.4. The van der Waals surface area contributed by atoms with E-state index in [1.807, 2.05) is 0 Å². The first-order valence-corrected chi connectivity index (χ1v) is 19.3. The van der Waals surface area contributed by atoms with Gasteiger partial charge in [0.05, 0.1) is 65.3 Å². The molecule has 0 radical (unpaired) electrons. The van der Waals surface area contributed by atoms with Crippen molar-refractivity contribution >= 4 is 35.8 Å². The first-order chi connectivity index (χ1) is 24.8. The number of hydrogen-bond acceptors (Lipinski definition) is 13. The Balaban J connectivity index is 3.50. The van der Waals surface area contributed by atoms with Crippen molar-refractivity contribution in [2.24, 2.45) is 0 Å². The van der Waals surface area contributed by atoms with Gasteiger partial charge in [-0.1, -0.05) is 65.2 Å². The maximum absolute atomic E-state index is 11.9. The highest BCUT2D eigenvalue weighted by molar-refractivity contribution is 5.78. The number of hydrogen-bond donors (Lipinski definition) is 0. The molecule has 0 atom stereocenters. The molecule has 0 aromatic carbocycles. The summed E-state index contributed by atoms with van der Waals surface area (Å²) in [7, 11) is 0. The number of ether oxygens (including phenoxy) is 7. The maximum atomic E-state index is 11.9. The van der Waals surface area contributed by atoms with E-state index in [9.17, 15) is 28.8 Å². The van der Waals surface area contributed by atoms with E-state index in [4.69, 9.17) is 33.2 Å². The molecule has 0 aliphatic rings. The number of esters is 6. The minimum absolute atomic E-state index is 0.00373. The SMILES string of the molecule is CCCCCCCOC(=O)CCC(=O)OCCCCCC(=O)OCCOCCOC(=O)CCCCCOC(=O)CCC(=O)OCCCCCCC. The summed E-state index contributed by atoms with van der Waals surface area (Å²) in [6.45, 7) is 6.10. The minimum Gasteiger partial charge on any atom is -0.466 e. The lowest BCUT2D eigenvalue weighted by Gasteiger charge is -2.08. The van der Waals surface area contributed by atoms with E-state index in [2.05, 4.69) is 13.8 Å². The predicted molar refractivity (Wildman–Crippen MR) is 189 cm³/mol. The highest BCUT2D eigenvalue weighted by Crippen LogP contribution is 2.07. The van der Waals surface area contributed by atoms with Gasteiger partial charge < -0.3 is 33.2 Å². The quantitative estimate of drug-likeness (QED) is 0.0372. The van der Waals surface area contributed by atoms with Gasteiger partial charge in [0.1, 0.15) is 13.2 Å². The molecule has 0 N–H and O–H groups in total. The lowest BCUT2D eigenvalue weighted by Crippen LogP contribution is -2.14. The molecule has 0 amide bonds. The Bertz CT molecular complexity index is 849. The average molecular weight is 731 g/mol. The van der Waals surface area contributed by atoms with Crippen molar-refractivity contribution in [3.05, 3.63) is 0 Å². The highest BCUT2D eigenvalue weighted by Gasteiger charge is 2.11. The molecule has 0 aromatic rings. The molecular weight excluding hydrogens is 664 g/mol. The average Bonchev–Trinajstić information content (AvgIpc) is 3.11. The zero-order valence-electron chi connectivity index (χ0n) is 31.5. The van der Waals surface area contributed by atoms with Crippen LogP contribution in [0.15, 0.2) is 0 Å². The van der Waals surface area contributed by atoms with Crippen molar-refractivity contribution in [1.29, 1.82) is 0 Å². The molecule has 296 valence electrons. The third-order valence-corrected chi connectivity index (χ3v) is 7.65. The van der Waals surface area contributed by atoms with Crippen LogP contribution in [-0.2, 0) is 61.9 Å². The van der Waals surface area contributed by atoms with Gasteiger partial charge in [-0.05, 0) is 51.4 Å². The van der Waals surface area contributed by atoms with Gasteiger partial charge in [0.25, 0.3) is 0 Å². The summed E-state index contributed by atoms with van der Waals surface area (Å²) in [6, 6.07) is 0. The standard InChI is InChI=1S/C38H66O13/c1-3-5-7-9-15-25-46-35(41)21-23-37(43)48-27-17-11-13-19-33(39)50-31-29-45-30-32-51-34(40)20-14-12-18-28-49-38(44)24-22-36(42)47-26-16-10-8-6-4-2/h3-32H2,1-2H3. The molecule has 0 heterocycles. The summed E-state index contributed by atoms with van der Waals surface area (Å²) in [6.07, 6.45) is 15.0. The van der Waals surface area contributed by atoms with Gasteiger partial charge in [-0.15, -0.1) is 0 Å². The minimum atomic E-state index is -0.437. The molecular formula is C38H66O13. The van der Waals surface area contributed by atoms with E-state index in [-0.39, 0.29) is 102 Å². The fraction of sp³-hybridized carbons (Fsp3) is 0.842. The van der Waals surface area contributed by atoms with Crippen molar-refractivity contribution < 1.29 is 61.9 Å². The van der Waals surface area contributed by atoms with Crippen LogP contribution in [0, 0.1) is 0 Å². The van der Waals surface area contributed by atoms with Crippen LogP contribution in [0.2, 0.25) is 0 Å². The molecule has 0 rings (SSSR count). The molecule has 13 nitrogen and oxygen atoms in total. The zero-order valence-corrected chi connectivity index (χ0v) is 31.5. The number of carbonyl (C=O) groups is 6. The third kappa shape index (κ3) is 36.4. The number of unbranched alkanes of at least 4 members (excludes halogenated alkanes) is 12. The van der Waals surface area contributed by atoms with Gasteiger partial charge in [-0.3, -0.25) is 28.8 Å². The van der Waals surface area contributed by atoms with Gasteiger partial charge in [-0.2, -0.15) is 0 Å². The highest BCUT2D eigenvalue weighted by atomic mass is 16.6. The van der Waals surface area contributed by atoms with Gasteiger partial charge in [0.2, 0.25) is 0 Å². The number of carbonyl (C=O) groups excluding carboxylic acids is 6. The molecule has 0 aromatic heterocycles. The Morgan fingerprint density at radius 2 is 0.529 bits per heavy atom. The predicted octanol–water partition coefficient (Wildman–Crippen LogP) is 6.88. The monoisotopic (exact) mass is 730 g/mol. The molecule has 0 aliphatic heterocycles. The van der Waals surface area contributed by atoms with Gasteiger partial charge in [0.15, 0.2) is 0 Å². The normalized spacial score (nSPS) is 10.7. The van der Waals surface area contributed by atoms with Crippen LogP contribution in [0.5, 0.6) is 0 Å². The van der Waals surface area contributed by atoms with E-state index < -0.39 is 11.9 Å². The summed E-state index contributed by atoms with van der Waals surface area (Å²) >= 11 is 0. The summed E-state index contributed by atoms with van der Waals surface area (Å²) < 4.78 is 36.1. The molecule has 0 saturated heterocycles. The van der Waals surface area contributed by atoms with Crippen molar-refractivity contribution in [3.63, 3.8) is 0 Å². The van der Waals surface area contributed by atoms with Crippen molar-refractivity contribution in [3.8, 4) is 0 Å². The van der Waals surface area contributed by atoms with E-state index >= 15 is 0 Å². The first kappa shape index (κ1) is 47.8. The molecule has 0 saturated carbocycles. The summed E-state index contributed by atoms with van der Waals surface area (Å²) in [5.41, 5.74) is 0. The van der Waals surface area contributed by atoms with Crippen LogP contribution in [-0.4, -0.2) is 88.7 Å². The fourth-order valence-electron chi connectivity index (χ4n) is 4.62. The Labute approximate surface area is 305 Å². The first-order valence-electron chi connectivity index (χ1n) is 19.3. The van der Waals surface area contributed by atoms with E-state index in [1.165, 1.54) is 12.8 Å². The van der Waals surface area contributed by atoms with Crippen LogP contribution in [0.1, 0.15) is 155 Å². The molecule has 0 aliphatic carbocycles. The Morgan fingerprint density at radius 3 is 0.843 bits per heavy atom. The topological polar surface area (TPSA) is 167 Å². The molecule has 0 bridgehead atoms. The zero-order chi connectivity index (χ0) is 37.6. The van der Waals surface area contributed by atoms with Gasteiger partial charge in [0, 0.05) is 12.8 Å². The summed E-state index contributed by atoms with van der Waals surface area (Å²) in [4.78, 5) is 70.6. The second kappa shape index (κ2) is 36.6. The van der Waals surface area contributed by atoms with E-state index in [1.54, 1.807) is 0 Å². The van der Waals surface area contributed by atoms with Crippen molar-refractivity contribution in [2.75, 3.05) is 52.9 Å². The molecule has 0 unspecified atom stereocenters. The molecule has 13 heteroatoms. The smallest absolute Gasteiger partial charge is 0.306 e. The van der Waals surface area contributed by atoms with E-state index in [0.717, 1.165) is 51.4 Å². The maximum Gasteiger partial charge on any atom is 0.306 e. The largest absolute Gasteiger partial charge is 0.466 e. The van der Waals surface area contributed by atoms with Crippen LogP contribution in [0.4, 0.5) is 0 Å². The molecule has 51 heavy (non-hydrogen) atoms. The second-order valence-electron chi connectivity index (χ2n) is 12.4. The lowest BCUT2D eigenvalue weighted by molar-refractivity contribution is -0.150. The summed E-state index contributed by atoms with van der Waals surface area (Å²) in [5.74, 6) is -2.33. The van der Waals surface area contributed by atoms with Gasteiger partial charge >= 0.3 is 35.8 Å². The van der Waals surface area contributed by atoms with Crippen LogP contribution < -0.4 is 0 Å².